The summed E-state index contributed by atoms with van der Waals surface area (Å²) in [6, 6.07) is 12.0. The summed E-state index contributed by atoms with van der Waals surface area (Å²) in [4.78, 5) is 19.0. The van der Waals surface area contributed by atoms with Crippen LogP contribution in [0.2, 0.25) is 0 Å². The minimum atomic E-state index is -0.116. The summed E-state index contributed by atoms with van der Waals surface area (Å²) < 4.78 is 0. The van der Waals surface area contributed by atoms with Gasteiger partial charge in [0.05, 0.1) is 12.1 Å². The number of nitrogens with two attached hydrogens (primary N) is 1. The Kier molecular flexibility index (Phi) is 6.89. The molecule has 2 heterocycles. The molecule has 5 rings (SSSR count). The zero-order chi connectivity index (χ0) is 21.6. The van der Waals surface area contributed by atoms with Crippen LogP contribution >= 0.6 is 0 Å². The van der Waals surface area contributed by atoms with Crippen LogP contribution in [0.5, 0.6) is 0 Å². The molecule has 5 nitrogen and oxygen atoms in total. The monoisotopic (exact) mass is 416 g/mol. The van der Waals surface area contributed by atoms with Gasteiger partial charge in [-0.1, -0.05) is 55.5 Å². The number of terminal acetylenes is 1. The highest BCUT2D eigenvalue weighted by Crippen LogP contribution is 2.44. The fourth-order valence-electron chi connectivity index (χ4n) is 4.71. The average Bonchev–Trinajstić information content (AvgIpc) is 3.41. The van der Waals surface area contributed by atoms with Gasteiger partial charge in [0.2, 0.25) is 0 Å². The molecule has 1 aliphatic heterocycles. The summed E-state index contributed by atoms with van der Waals surface area (Å²) in [5.74, 6) is 4.90. The Morgan fingerprint density at radius 2 is 1.84 bits per heavy atom. The van der Waals surface area contributed by atoms with Gasteiger partial charge < -0.3 is 11.1 Å². The van der Waals surface area contributed by atoms with Gasteiger partial charge in [-0.05, 0) is 42.7 Å². The van der Waals surface area contributed by atoms with Crippen LogP contribution in [0.15, 0.2) is 42.6 Å². The molecule has 3 aliphatic rings. The quantitative estimate of drug-likeness (QED) is 0.740. The van der Waals surface area contributed by atoms with Crippen molar-refractivity contribution < 1.29 is 4.79 Å². The lowest BCUT2D eigenvalue weighted by Crippen LogP contribution is -2.36. The van der Waals surface area contributed by atoms with Crippen molar-refractivity contribution in [2.75, 3.05) is 25.4 Å². The van der Waals surface area contributed by atoms with Gasteiger partial charge in [-0.25, -0.2) is 4.98 Å². The van der Waals surface area contributed by atoms with Crippen molar-refractivity contribution in [3.05, 3.63) is 48.2 Å². The van der Waals surface area contributed by atoms with Crippen LogP contribution in [-0.4, -0.2) is 41.5 Å². The van der Waals surface area contributed by atoms with Crippen LogP contribution in [0, 0.1) is 24.2 Å². The van der Waals surface area contributed by atoms with Crippen molar-refractivity contribution in [1.82, 2.24) is 15.2 Å². The van der Waals surface area contributed by atoms with Gasteiger partial charge in [0, 0.05) is 30.9 Å². The van der Waals surface area contributed by atoms with E-state index >= 15 is 0 Å². The minimum Gasteiger partial charge on any atom is -0.383 e. The minimum absolute atomic E-state index is 0.116. The topological polar surface area (TPSA) is 71.2 Å². The SMILES string of the molecule is C#CCN1CC2CC2C1.Nc1ncc(-c2ccccc2)cc1C(=O)NC1CCCCC1. The van der Waals surface area contributed by atoms with E-state index in [0.29, 0.717) is 5.56 Å². The Morgan fingerprint density at radius 3 is 2.52 bits per heavy atom. The Hall–Kier alpha value is -2.84. The Balaban J connectivity index is 0.000000212. The van der Waals surface area contributed by atoms with Gasteiger partial charge in [-0.15, -0.1) is 6.42 Å². The van der Waals surface area contributed by atoms with Crippen LogP contribution in [0.25, 0.3) is 11.1 Å². The number of likely N-dealkylation sites (tertiary alicyclic amines) is 1. The van der Waals surface area contributed by atoms with Crippen molar-refractivity contribution in [2.24, 2.45) is 11.8 Å². The number of pyridine rings is 1. The molecule has 0 radical (unpaired) electrons. The number of anilines is 1. The molecule has 2 aromatic rings. The number of hydrogen-bond acceptors (Lipinski definition) is 4. The molecule has 5 heteroatoms. The Morgan fingerprint density at radius 1 is 1.13 bits per heavy atom. The summed E-state index contributed by atoms with van der Waals surface area (Å²) in [5, 5.41) is 3.10. The van der Waals surface area contributed by atoms with Crippen LogP contribution in [-0.2, 0) is 0 Å². The number of amides is 1. The number of fused-ring (bicyclic) bond motifs is 1. The van der Waals surface area contributed by atoms with Crippen molar-refractivity contribution in [3.8, 4) is 23.5 Å². The molecular formula is C26H32N4O. The maximum Gasteiger partial charge on any atom is 0.255 e. The third kappa shape index (κ3) is 5.65. The zero-order valence-corrected chi connectivity index (χ0v) is 18.1. The molecule has 3 N–H and O–H groups in total. The van der Waals surface area contributed by atoms with Gasteiger partial charge in [0.1, 0.15) is 5.82 Å². The van der Waals surface area contributed by atoms with Crippen molar-refractivity contribution in [2.45, 2.75) is 44.6 Å². The molecule has 2 aliphatic carbocycles. The van der Waals surface area contributed by atoms with E-state index in [0.717, 1.165) is 42.3 Å². The summed E-state index contributed by atoms with van der Waals surface area (Å²) >= 11 is 0. The van der Waals surface area contributed by atoms with Crippen molar-refractivity contribution in [3.63, 3.8) is 0 Å². The third-order valence-electron chi connectivity index (χ3n) is 6.58. The van der Waals surface area contributed by atoms with E-state index in [4.69, 9.17) is 12.2 Å². The highest BCUT2D eigenvalue weighted by atomic mass is 16.1. The van der Waals surface area contributed by atoms with E-state index in [1.54, 1.807) is 6.20 Å². The van der Waals surface area contributed by atoms with E-state index < -0.39 is 0 Å². The molecule has 1 aromatic carbocycles. The molecule has 0 bridgehead atoms. The summed E-state index contributed by atoms with van der Waals surface area (Å²) in [5.41, 5.74) is 8.30. The van der Waals surface area contributed by atoms with Crippen molar-refractivity contribution in [1.29, 1.82) is 0 Å². The number of carbonyl (C=O) groups is 1. The van der Waals surface area contributed by atoms with Crippen LogP contribution in [0.1, 0.15) is 48.9 Å². The normalized spacial score (nSPS) is 22.5. The molecule has 2 unspecified atom stereocenters. The molecule has 0 spiro atoms. The molecule has 162 valence electrons. The fourth-order valence-corrected chi connectivity index (χ4v) is 4.71. The number of rotatable bonds is 4. The maximum absolute atomic E-state index is 12.5. The lowest BCUT2D eigenvalue weighted by molar-refractivity contribution is 0.0928. The molecule has 1 saturated heterocycles. The number of nitrogens with zero attached hydrogens (tertiary/aromatic N) is 2. The first-order valence-electron chi connectivity index (χ1n) is 11.4. The Labute approximate surface area is 185 Å². The van der Waals surface area contributed by atoms with Crippen molar-refractivity contribution >= 4 is 11.7 Å². The molecule has 3 fully saturated rings. The first-order chi connectivity index (χ1) is 15.1. The second kappa shape index (κ2) is 9.98. The molecule has 2 atom stereocenters. The lowest BCUT2D eigenvalue weighted by Gasteiger charge is -2.23. The summed E-state index contributed by atoms with van der Waals surface area (Å²) in [6.07, 6.45) is 14.1. The van der Waals surface area contributed by atoms with Gasteiger partial charge >= 0.3 is 0 Å². The van der Waals surface area contributed by atoms with Gasteiger partial charge in [-0.2, -0.15) is 0 Å². The number of hydrogen-bond donors (Lipinski definition) is 2. The molecule has 31 heavy (non-hydrogen) atoms. The number of nitrogens with one attached hydrogen (secondary N) is 1. The second-order valence-corrected chi connectivity index (χ2v) is 8.99. The Bertz CT molecular complexity index is 920. The highest BCUT2D eigenvalue weighted by molar-refractivity contribution is 5.99. The zero-order valence-electron chi connectivity index (χ0n) is 18.1. The van der Waals surface area contributed by atoms with Gasteiger partial charge in [-0.3, -0.25) is 9.69 Å². The predicted molar refractivity (Wildman–Crippen MR) is 125 cm³/mol. The van der Waals surface area contributed by atoms with E-state index in [2.05, 4.69) is 21.1 Å². The molecule has 2 saturated carbocycles. The second-order valence-electron chi connectivity index (χ2n) is 8.99. The van der Waals surface area contributed by atoms with Crippen LogP contribution < -0.4 is 11.1 Å². The van der Waals surface area contributed by atoms with Gasteiger partial charge in [0.15, 0.2) is 0 Å². The molecule has 1 amide bonds. The van der Waals surface area contributed by atoms with E-state index in [-0.39, 0.29) is 17.8 Å². The highest BCUT2D eigenvalue weighted by Gasteiger charge is 2.44. The van der Waals surface area contributed by atoms with Gasteiger partial charge in [0.25, 0.3) is 5.91 Å². The number of aromatic nitrogens is 1. The fraction of sp³-hybridized carbons (Fsp3) is 0.462. The van der Waals surface area contributed by atoms with Crippen LogP contribution in [0.3, 0.4) is 0 Å². The van der Waals surface area contributed by atoms with E-state index in [9.17, 15) is 4.79 Å². The number of carbonyl (C=O) groups excluding carboxylic acids is 1. The third-order valence-corrected chi connectivity index (χ3v) is 6.58. The first kappa shape index (κ1) is 21.4. The summed E-state index contributed by atoms with van der Waals surface area (Å²) in [6.45, 7) is 3.41. The standard InChI is InChI=1S/C18H21N3O.C8H11N/c19-17-16(18(22)21-15-9-5-2-6-10-15)11-14(12-20-17)13-7-3-1-4-8-13;1-2-3-9-5-7-4-8(7)6-9/h1,3-4,7-8,11-12,15H,2,5-6,9-10H2,(H2,19,20)(H,21,22);1,7-8H,3-6H2. The smallest absolute Gasteiger partial charge is 0.255 e. The molecule has 1 aromatic heterocycles. The maximum atomic E-state index is 12.5. The van der Waals surface area contributed by atoms with Crippen LogP contribution in [0.4, 0.5) is 5.82 Å². The first-order valence-corrected chi connectivity index (χ1v) is 11.4. The van der Waals surface area contributed by atoms with E-state index in [1.807, 2.05) is 36.4 Å². The molecular weight excluding hydrogens is 384 g/mol. The van der Waals surface area contributed by atoms with E-state index in [1.165, 1.54) is 38.8 Å². The largest absolute Gasteiger partial charge is 0.383 e. The summed E-state index contributed by atoms with van der Waals surface area (Å²) in [7, 11) is 0. The number of piperidine rings is 1. The number of benzene rings is 1. The average molecular weight is 417 g/mol. The predicted octanol–water partition coefficient (Wildman–Crippen LogP) is 3.96. The number of nitrogen functional groups attached to an aromatic ring is 1. The lowest BCUT2D eigenvalue weighted by atomic mass is 9.95.